The van der Waals surface area contributed by atoms with Crippen LogP contribution in [0, 0.1) is 11.8 Å². The Morgan fingerprint density at radius 3 is 2.76 bits per heavy atom. The van der Waals surface area contributed by atoms with E-state index in [1.165, 1.54) is 17.7 Å². The molecule has 1 saturated carbocycles. The van der Waals surface area contributed by atoms with Crippen molar-refractivity contribution in [1.29, 1.82) is 0 Å². The maximum Gasteiger partial charge on any atom is 0.322 e. The smallest absolute Gasteiger partial charge is 0.322 e. The fraction of sp³-hybridized carbons (Fsp3) is 0.526. The summed E-state index contributed by atoms with van der Waals surface area (Å²) in [6.07, 6.45) is 5.01. The molecule has 2 fully saturated rings. The summed E-state index contributed by atoms with van der Waals surface area (Å²) in [5, 5.41) is 11.1. The number of ketones is 1. The maximum atomic E-state index is 12.6. The van der Waals surface area contributed by atoms with Gasteiger partial charge in [-0.15, -0.1) is 0 Å². The predicted molar refractivity (Wildman–Crippen MR) is 101 cm³/mol. The summed E-state index contributed by atoms with van der Waals surface area (Å²) in [6.45, 7) is 0.190. The topological polar surface area (TPSA) is 126 Å². The van der Waals surface area contributed by atoms with E-state index in [4.69, 9.17) is 21.4 Å². The second-order valence-electron chi connectivity index (χ2n) is 7.23. The second kappa shape index (κ2) is 9.21. The molecule has 1 atom stereocenters. The number of carbonyl (C=O) groups excluding carboxylic acids is 3. The van der Waals surface area contributed by atoms with Crippen molar-refractivity contribution in [3.05, 3.63) is 22.8 Å². The number of piperidine rings is 1. The number of hydrogen-bond acceptors (Lipinski definition) is 6. The third-order valence-corrected chi connectivity index (χ3v) is 5.15. The SMILES string of the molecule is O=C(O)CNC(=O)C1C(=O)CCN(Cc2cnc(OCCC3CC3)c(Cl)c2)C1=O. The molecule has 2 aliphatic rings. The number of hydrogen-bond donors (Lipinski definition) is 2. The fourth-order valence-electron chi connectivity index (χ4n) is 3.11. The van der Waals surface area contributed by atoms with Gasteiger partial charge in [-0.2, -0.15) is 0 Å². The first-order valence-corrected chi connectivity index (χ1v) is 9.81. The molecule has 156 valence electrons. The molecular formula is C19H22ClN3O6. The van der Waals surface area contributed by atoms with E-state index >= 15 is 0 Å². The van der Waals surface area contributed by atoms with Crippen molar-refractivity contribution in [2.45, 2.75) is 32.2 Å². The Morgan fingerprint density at radius 1 is 1.34 bits per heavy atom. The van der Waals surface area contributed by atoms with Crippen molar-refractivity contribution >= 4 is 35.2 Å². The van der Waals surface area contributed by atoms with E-state index in [1.807, 2.05) is 0 Å². The van der Waals surface area contributed by atoms with Crippen molar-refractivity contribution in [3.8, 4) is 5.88 Å². The van der Waals surface area contributed by atoms with Crippen molar-refractivity contribution < 1.29 is 29.0 Å². The summed E-state index contributed by atoms with van der Waals surface area (Å²) < 4.78 is 5.59. The number of Topliss-reactive ketones (excluding diaryl/α,β-unsaturated/α-hetero) is 1. The molecule has 0 radical (unpaired) electrons. The van der Waals surface area contributed by atoms with Crippen molar-refractivity contribution in [2.75, 3.05) is 19.7 Å². The number of aromatic nitrogens is 1. The van der Waals surface area contributed by atoms with Crippen molar-refractivity contribution in [3.63, 3.8) is 0 Å². The third-order valence-electron chi connectivity index (χ3n) is 4.88. The quantitative estimate of drug-likeness (QED) is 0.568. The highest BCUT2D eigenvalue weighted by atomic mass is 35.5. The largest absolute Gasteiger partial charge is 0.480 e. The lowest BCUT2D eigenvalue weighted by Gasteiger charge is -2.30. The molecule has 2 N–H and O–H groups in total. The molecule has 1 saturated heterocycles. The van der Waals surface area contributed by atoms with Gasteiger partial charge in [0, 0.05) is 25.7 Å². The number of aliphatic carboxylic acids is 1. The van der Waals surface area contributed by atoms with E-state index in [1.54, 1.807) is 12.3 Å². The number of nitrogens with zero attached hydrogens (tertiary/aromatic N) is 2. The Balaban J connectivity index is 1.60. The third kappa shape index (κ3) is 5.66. The number of halogens is 1. The number of pyridine rings is 1. The fourth-order valence-corrected chi connectivity index (χ4v) is 3.35. The van der Waals surface area contributed by atoms with Crippen LogP contribution in [0.1, 0.15) is 31.2 Å². The molecule has 0 aromatic carbocycles. The molecule has 0 spiro atoms. The molecule has 0 bridgehead atoms. The summed E-state index contributed by atoms with van der Waals surface area (Å²) >= 11 is 6.22. The normalized spacial score (nSPS) is 19.2. The van der Waals surface area contributed by atoms with Gasteiger partial charge in [-0.3, -0.25) is 19.2 Å². The van der Waals surface area contributed by atoms with Crippen LogP contribution in [0.4, 0.5) is 0 Å². The molecular weight excluding hydrogens is 402 g/mol. The Bertz CT molecular complexity index is 826. The van der Waals surface area contributed by atoms with Gasteiger partial charge >= 0.3 is 5.97 Å². The van der Waals surface area contributed by atoms with Crippen LogP contribution in [0.3, 0.4) is 0 Å². The van der Waals surface area contributed by atoms with Crippen LogP contribution in [0.15, 0.2) is 12.3 Å². The van der Waals surface area contributed by atoms with Crippen LogP contribution < -0.4 is 10.1 Å². The van der Waals surface area contributed by atoms with Gasteiger partial charge in [-0.25, -0.2) is 4.98 Å². The molecule has 1 aromatic rings. The summed E-state index contributed by atoms with van der Waals surface area (Å²) in [6, 6.07) is 1.64. The first-order valence-electron chi connectivity index (χ1n) is 9.43. The predicted octanol–water partition coefficient (Wildman–Crippen LogP) is 1.03. The van der Waals surface area contributed by atoms with Gasteiger partial charge in [0.25, 0.3) is 0 Å². The van der Waals surface area contributed by atoms with E-state index in [2.05, 4.69) is 10.3 Å². The van der Waals surface area contributed by atoms with Gasteiger partial charge < -0.3 is 20.1 Å². The van der Waals surface area contributed by atoms with Gasteiger partial charge in [-0.1, -0.05) is 24.4 Å². The number of likely N-dealkylation sites (tertiary alicyclic amines) is 1. The van der Waals surface area contributed by atoms with Gasteiger partial charge in [0.15, 0.2) is 11.7 Å². The van der Waals surface area contributed by atoms with Gasteiger partial charge in [0.1, 0.15) is 11.6 Å². The number of carboxylic acid groups (broad SMARTS) is 1. The summed E-state index contributed by atoms with van der Waals surface area (Å²) in [4.78, 5) is 52.9. The van der Waals surface area contributed by atoms with Crippen LogP contribution in [0.2, 0.25) is 5.02 Å². The first-order chi connectivity index (χ1) is 13.8. The average molecular weight is 424 g/mol. The standard InChI is InChI=1S/C19H22ClN3O6/c20-13-7-12(8-22-18(13)29-6-4-11-1-2-11)10-23-5-3-14(24)16(19(23)28)17(27)21-9-15(25)26/h7-8,11,16H,1-6,9-10H2,(H,21,27)(H,25,26). The maximum absolute atomic E-state index is 12.6. The molecule has 29 heavy (non-hydrogen) atoms. The van der Waals surface area contributed by atoms with E-state index in [0.717, 1.165) is 12.3 Å². The molecule has 1 aromatic heterocycles. The summed E-state index contributed by atoms with van der Waals surface area (Å²) in [5.41, 5.74) is 0.636. The monoisotopic (exact) mass is 423 g/mol. The summed E-state index contributed by atoms with van der Waals surface area (Å²) in [5.74, 6) is -3.80. The minimum atomic E-state index is -1.53. The number of carbonyl (C=O) groups is 4. The molecule has 1 unspecified atom stereocenters. The Hall–Kier alpha value is -2.68. The van der Waals surface area contributed by atoms with E-state index in [-0.39, 0.29) is 19.5 Å². The van der Waals surface area contributed by atoms with Crippen LogP contribution in [-0.4, -0.2) is 58.3 Å². The molecule has 2 heterocycles. The van der Waals surface area contributed by atoms with E-state index in [9.17, 15) is 19.2 Å². The number of amides is 2. The first kappa shape index (κ1) is 21.0. The highest BCUT2D eigenvalue weighted by Gasteiger charge is 2.40. The van der Waals surface area contributed by atoms with Crippen LogP contribution in [0.25, 0.3) is 0 Å². The average Bonchev–Trinajstić information content (AvgIpc) is 3.48. The second-order valence-corrected chi connectivity index (χ2v) is 7.64. The van der Waals surface area contributed by atoms with Gasteiger partial charge in [-0.05, 0) is 24.0 Å². The molecule has 3 rings (SSSR count). The lowest BCUT2D eigenvalue weighted by Crippen LogP contribution is -2.52. The Kier molecular flexibility index (Phi) is 6.68. The van der Waals surface area contributed by atoms with E-state index < -0.39 is 36.0 Å². The molecule has 9 nitrogen and oxygen atoms in total. The number of carboxylic acids is 1. The molecule has 10 heteroatoms. The Labute approximate surface area is 172 Å². The van der Waals surface area contributed by atoms with Crippen LogP contribution in [-0.2, 0) is 25.7 Å². The van der Waals surface area contributed by atoms with Gasteiger partial charge in [0.05, 0.1) is 6.61 Å². The highest BCUT2D eigenvalue weighted by Crippen LogP contribution is 2.32. The number of nitrogens with one attached hydrogen (secondary N) is 1. The summed E-state index contributed by atoms with van der Waals surface area (Å²) in [7, 11) is 0. The Morgan fingerprint density at radius 2 is 2.10 bits per heavy atom. The number of rotatable bonds is 9. The number of ether oxygens (including phenoxy) is 1. The van der Waals surface area contributed by atoms with Crippen LogP contribution >= 0.6 is 11.6 Å². The van der Waals surface area contributed by atoms with Crippen molar-refractivity contribution in [1.82, 2.24) is 15.2 Å². The zero-order chi connectivity index (χ0) is 21.0. The zero-order valence-electron chi connectivity index (χ0n) is 15.7. The highest BCUT2D eigenvalue weighted by molar-refractivity contribution is 6.31. The lowest BCUT2D eigenvalue weighted by atomic mass is 9.94. The zero-order valence-corrected chi connectivity index (χ0v) is 16.5. The molecule has 1 aliphatic carbocycles. The van der Waals surface area contributed by atoms with Crippen LogP contribution in [0.5, 0.6) is 5.88 Å². The molecule has 1 aliphatic heterocycles. The minimum Gasteiger partial charge on any atom is -0.480 e. The van der Waals surface area contributed by atoms with Gasteiger partial charge in [0.2, 0.25) is 17.7 Å². The van der Waals surface area contributed by atoms with E-state index in [0.29, 0.717) is 23.1 Å². The lowest BCUT2D eigenvalue weighted by molar-refractivity contribution is -0.152. The van der Waals surface area contributed by atoms with Crippen molar-refractivity contribution in [2.24, 2.45) is 11.8 Å². The molecule has 2 amide bonds. The minimum absolute atomic E-state index is 0.0143.